The molecular weight excluding hydrogens is 253 g/mol. The largest absolute Gasteiger partial charge is 0.369 e. The maximum atomic E-state index is 12.8. The molecule has 1 aromatic rings. The van der Waals surface area contributed by atoms with Gasteiger partial charge in [0.2, 0.25) is 0 Å². The van der Waals surface area contributed by atoms with Gasteiger partial charge in [-0.05, 0) is 24.3 Å². The van der Waals surface area contributed by atoms with Crippen LogP contribution in [0.4, 0.5) is 10.1 Å². The average Bonchev–Trinajstić information content (AvgIpc) is 2.40. The topological polar surface area (TPSA) is 30.3 Å². The summed E-state index contributed by atoms with van der Waals surface area (Å²) in [5.74, 6) is -0.212. The Hall–Kier alpha value is -1.31. The maximum Gasteiger partial charge on any atom is 0.133 e. The molecule has 5 heteroatoms. The quantitative estimate of drug-likeness (QED) is 0.786. The van der Waals surface area contributed by atoms with Crippen molar-refractivity contribution < 1.29 is 4.39 Å². The van der Waals surface area contributed by atoms with Crippen LogP contribution < -0.4 is 4.90 Å². The summed E-state index contributed by atoms with van der Waals surface area (Å²) in [4.78, 5) is 4.40. The van der Waals surface area contributed by atoms with Crippen molar-refractivity contribution in [2.75, 3.05) is 37.6 Å². The van der Waals surface area contributed by atoms with Gasteiger partial charge >= 0.3 is 0 Å². The minimum Gasteiger partial charge on any atom is -0.369 e. The molecule has 0 saturated carbocycles. The highest BCUT2D eigenvalue weighted by Gasteiger charge is 2.19. The van der Waals surface area contributed by atoms with Crippen LogP contribution in [0.5, 0.6) is 0 Å². The fraction of sp³-hybridized carbons (Fsp3) is 0.462. The molecule has 18 heavy (non-hydrogen) atoms. The highest BCUT2D eigenvalue weighted by Crippen LogP contribution is 2.17. The van der Waals surface area contributed by atoms with Gasteiger partial charge in [-0.25, -0.2) is 4.39 Å². The average molecular weight is 268 g/mol. The van der Waals surface area contributed by atoms with Gasteiger partial charge in [-0.3, -0.25) is 4.90 Å². The van der Waals surface area contributed by atoms with E-state index in [1.165, 1.54) is 12.1 Å². The maximum absolute atomic E-state index is 12.8. The predicted molar refractivity (Wildman–Crippen MR) is 70.3 cm³/mol. The number of benzene rings is 1. The van der Waals surface area contributed by atoms with Crippen molar-refractivity contribution in [1.29, 1.82) is 5.26 Å². The minimum absolute atomic E-state index is 0.212. The van der Waals surface area contributed by atoms with Crippen LogP contribution in [0.1, 0.15) is 0 Å². The van der Waals surface area contributed by atoms with Gasteiger partial charge in [0.15, 0.2) is 0 Å². The van der Waals surface area contributed by atoms with Crippen molar-refractivity contribution in [3.05, 3.63) is 30.1 Å². The molecular formula is C13H15ClFN3. The summed E-state index contributed by atoms with van der Waals surface area (Å²) >= 11 is 5.81. The van der Waals surface area contributed by atoms with E-state index in [0.29, 0.717) is 6.54 Å². The van der Waals surface area contributed by atoms with E-state index in [4.69, 9.17) is 16.9 Å². The van der Waals surface area contributed by atoms with E-state index in [-0.39, 0.29) is 5.82 Å². The molecule has 0 aromatic heterocycles. The number of halogens is 2. The van der Waals surface area contributed by atoms with Gasteiger partial charge in [0.25, 0.3) is 0 Å². The third-order valence-corrected chi connectivity index (χ3v) is 3.36. The molecule has 0 spiro atoms. The highest BCUT2D eigenvalue weighted by molar-refractivity contribution is 6.22. The molecule has 0 radical (unpaired) electrons. The fourth-order valence-corrected chi connectivity index (χ4v) is 2.30. The number of alkyl halides is 1. The van der Waals surface area contributed by atoms with Gasteiger partial charge < -0.3 is 4.90 Å². The number of nitriles is 1. The Balaban J connectivity index is 1.87. The number of piperazine rings is 1. The van der Waals surface area contributed by atoms with Crippen molar-refractivity contribution in [2.45, 2.75) is 5.38 Å². The molecule has 1 saturated heterocycles. The Morgan fingerprint density at radius 3 is 2.39 bits per heavy atom. The first-order valence-electron chi connectivity index (χ1n) is 5.95. The van der Waals surface area contributed by atoms with Crippen LogP contribution in [0.15, 0.2) is 24.3 Å². The van der Waals surface area contributed by atoms with Gasteiger partial charge in [-0.1, -0.05) is 0 Å². The molecule has 0 bridgehead atoms. The monoisotopic (exact) mass is 267 g/mol. The van der Waals surface area contributed by atoms with Gasteiger partial charge in [0.1, 0.15) is 11.2 Å². The minimum atomic E-state index is -0.442. The summed E-state index contributed by atoms with van der Waals surface area (Å²) in [7, 11) is 0. The lowest BCUT2D eigenvalue weighted by molar-refractivity contribution is 0.265. The summed E-state index contributed by atoms with van der Waals surface area (Å²) in [6, 6.07) is 8.58. The number of hydrogen-bond acceptors (Lipinski definition) is 3. The summed E-state index contributed by atoms with van der Waals surface area (Å²) in [6.07, 6.45) is 0. The van der Waals surface area contributed by atoms with Crippen LogP contribution in [0.3, 0.4) is 0 Å². The first kappa shape index (κ1) is 13.1. The summed E-state index contributed by atoms with van der Waals surface area (Å²) < 4.78 is 12.8. The number of nitrogens with zero attached hydrogens (tertiary/aromatic N) is 3. The molecule has 1 atom stereocenters. The van der Waals surface area contributed by atoms with E-state index in [2.05, 4.69) is 9.80 Å². The zero-order valence-corrected chi connectivity index (χ0v) is 10.8. The zero-order chi connectivity index (χ0) is 13.0. The first-order valence-corrected chi connectivity index (χ1v) is 6.39. The Bertz CT molecular complexity index is 421. The second-order valence-corrected chi connectivity index (χ2v) is 4.89. The lowest BCUT2D eigenvalue weighted by Crippen LogP contribution is -2.47. The normalized spacial score (nSPS) is 18.4. The van der Waals surface area contributed by atoms with Crippen LogP contribution >= 0.6 is 11.6 Å². The standard InChI is InChI=1S/C13H15ClFN3/c14-11(9-16)10-17-5-7-18(8-6-17)13-3-1-12(15)2-4-13/h1-4,11H,5-8,10H2. The molecule has 1 aliphatic rings. The molecule has 96 valence electrons. The Morgan fingerprint density at radius 2 is 1.83 bits per heavy atom. The van der Waals surface area contributed by atoms with Crippen molar-refractivity contribution in [2.24, 2.45) is 0 Å². The number of rotatable bonds is 3. The predicted octanol–water partition coefficient (Wildman–Crippen LogP) is 2.08. The molecule has 0 amide bonds. The molecule has 0 N–H and O–H groups in total. The molecule has 1 aromatic carbocycles. The van der Waals surface area contributed by atoms with Crippen LogP contribution in [-0.4, -0.2) is 43.0 Å². The Morgan fingerprint density at radius 1 is 1.22 bits per heavy atom. The van der Waals surface area contributed by atoms with Crippen molar-refractivity contribution in [3.8, 4) is 6.07 Å². The summed E-state index contributed by atoms with van der Waals surface area (Å²) in [5, 5.41) is 8.22. The smallest absolute Gasteiger partial charge is 0.133 e. The van der Waals surface area contributed by atoms with Gasteiger partial charge in [-0.2, -0.15) is 5.26 Å². The van der Waals surface area contributed by atoms with E-state index in [0.717, 1.165) is 31.9 Å². The third kappa shape index (κ3) is 3.34. The van der Waals surface area contributed by atoms with E-state index in [1.807, 2.05) is 6.07 Å². The lowest BCUT2D eigenvalue weighted by atomic mass is 10.2. The van der Waals surface area contributed by atoms with Crippen molar-refractivity contribution >= 4 is 17.3 Å². The van der Waals surface area contributed by atoms with Gasteiger partial charge in [-0.15, -0.1) is 11.6 Å². The second kappa shape index (κ2) is 6.03. The Kier molecular flexibility index (Phi) is 4.40. The van der Waals surface area contributed by atoms with E-state index in [9.17, 15) is 4.39 Å². The Labute approximate surface area is 111 Å². The van der Waals surface area contributed by atoms with E-state index >= 15 is 0 Å². The van der Waals surface area contributed by atoms with Crippen LogP contribution in [0, 0.1) is 17.1 Å². The summed E-state index contributed by atoms with van der Waals surface area (Å²) in [5.41, 5.74) is 1.04. The zero-order valence-electron chi connectivity index (χ0n) is 10.0. The molecule has 1 aliphatic heterocycles. The SMILES string of the molecule is N#CC(Cl)CN1CCN(c2ccc(F)cc2)CC1. The molecule has 1 fully saturated rings. The van der Waals surface area contributed by atoms with Crippen LogP contribution in [-0.2, 0) is 0 Å². The number of hydrogen-bond donors (Lipinski definition) is 0. The molecule has 0 aliphatic carbocycles. The molecule has 3 nitrogen and oxygen atoms in total. The second-order valence-electron chi connectivity index (χ2n) is 4.36. The van der Waals surface area contributed by atoms with Crippen LogP contribution in [0.25, 0.3) is 0 Å². The molecule has 1 unspecified atom stereocenters. The van der Waals surface area contributed by atoms with E-state index < -0.39 is 5.38 Å². The van der Waals surface area contributed by atoms with Gasteiger partial charge in [0, 0.05) is 38.4 Å². The third-order valence-electron chi connectivity index (χ3n) is 3.12. The highest BCUT2D eigenvalue weighted by atomic mass is 35.5. The number of anilines is 1. The van der Waals surface area contributed by atoms with E-state index in [1.54, 1.807) is 12.1 Å². The molecule has 1 heterocycles. The lowest BCUT2D eigenvalue weighted by Gasteiger charge is -2.36. The van der Waals surface area contributed by atoms with Crippen LogP contribution in [0.2, 0.25) is 0 Å². The van der Waals surface area contributed by atoms with Crippen molar-refractivity contribution in [1.82, 2.24) is 4.90 Å². The van der Waals surface area contributed by atoms with Gasteiger partial charge in [0.05, 0.1) is 6.07 Å². The molecule has 2 rings (SSSR count). The van der Waals surface area contributed by atoms with Crippen molar-refractivity contribution in [3.63, 3.8) is 0 Å². The summed E-state index contributed by atoms with van der Waals surface area (Å²) in [6.45, 7) is 4.11. The first-order chi connectivity index (χ1) is 8.69. The fourth-order valence-electron chi connectivity index (χ4n) is 2.11.